The van der Waals surface area contributed by atoms with E-state index in [1.165, 1.54) is 6.08 Å². The van der Waals surface area contributed by atoms with Gasteiger partial charge in [-0.1, -0.05) is 54.6 Å². The summed E-state index contributed by atoms with van der Waals surface area (Å²) < 4.78 is 5.76. The Bertz CT molecular complexity index is 1020. The second-order valence-electron chi connectivity index (χ2n) is 6.22. The molecule has 1 aliphatic rings. The zero-order valence-electron chi connectivity index (χ0n) is 14.5. The standard InChI is InChI=1S/C23H17NO3/c25-22-14-21(23(26)20-9-5-4-8-19(20)22)24-17-10-12-18(13-11-17)27-15-16-6-2-1-3-7-16/h1-14,24H,15H2. The number of hydrogen-bond acceptors (Lipinski definition) is 4. The molecule has 0 saturated heterocycles. The van der Waals surface area contributed by atoms with Crippen LogP contribution < -0.4 is 10.1 Å². The zero-order chi connectivity index (χ0) is 18.6. The summed E-state index contributed by atoms with van der Waals surface area (Å²) in [6.45, 7) is 0.489. The van der Waals surface area contributed by atoms with E-state index in [1.807, 2.05) is 54.6 Å². The van der Waals surface area contributed by atoms with Crippen LogP contribution in [0.1, 0.15) is 26.3 Å². The van der Waals surface area contributed by atoms with Gasteiger partial charge < -0.3 is 10.1 Å². The van der Waals surface area contributed by atoms with E-state index >= 15 is 0 Å². The second kappa shape index (κ2) is 7.30. The van der Waals surface area contributed by atoms with Gasteiger partial charge in [0.05, 0.1) is 5.70 Å². The molecule has 0 radical (unpaired) electrons. The van der Waals surface area contributed by atoms with Crippen LogP contribution in [0.2, 0.25) is 0 Å². The van der Waals surface area contributed by atoms with Gasteiger partial charge in [0.1, 0.15) is 12.4 Å². The molecule has 132 valence electrons. The number of carbonyl (C=O) groups excluding carboxylic acids is 2. The molecule has 0 aromatic heterocycles. The molecule has 0 saturated carbocycles. The highest BCUT2D eigenvalue weighted by atomic mass is 16.5. The Morgan fingerprint density at radius 2 is 1.41 bits per heavy atom. The van der Waals surface area contributed by atoms with Crippen LogP contribution in [-0.2, 0) is 6.61 Å². The van der Waals surface area contributed by atoms with Crippen LogP contribution in [-0.4, -0.2) is 11.6 Å². The average Bonchev–Trinajstić information content (AvgIpc) is 2.72. The van der Waals surface area contributed by atoms with Crippen LogP contribution in [0.5, 0.6) is 5.75 Å². The third-order valence-corrected chi connectivity index (χ3v) is 4.34. The largest absolute Gasteiger partial charge is 0.489 e. The van der Waals surface area contributed by atoms with Crippen LogP contribution in [0.15, 0.2) is 90.6 Å². The van der Waals surface area contributed by atoms with Gasteiger partial charge in [-0.15, -0.1) is 0 Å². The van der Waals surface area contributed by atoms with Crippen LogP contribution >= 0.6 is 0 Å². The van der Waals surface area contributed by atoms with E-state index in [-0.39, 0.29) is 17.3 Å². The van der Waals surface area contributed by atoms with Crippen molar-refractivity contribution < 1.29 is 14.3 Å². The Labute approximate surface area is 157 Å². The first-order chi connectivity index (χ1) is 13.2. The molecule has 0 bridgehead atoms. The Morgan fingerprint density at radius 3 is 2.15 bits per heavy atom. The highest BCUT2D eigenvalue weighted by molar-refractivity contribution is 6.25. The molecule has 1 aliphatic carbocycles. The topological polar surface area (TPSA) is 55.4 Å². The maximum absolute atomic E-state index is 12.6. The summed E-state index contributed by atoms with van der Waals surface area (Å²) in [6.07, 6.45) is 1.35. The minimum absolute atomic E-state index is 0.171. The summed E-state index contributed by atoms with van der Waals surface area (Å²) in [7, 11) is 0. The van der Waals surface area contributed by atoms with Gasteiger partial charge in [-0.3, -0.25) is 9.59 Å². The summed E-state index contributed by atoms with van der Waals surface area (Å²) in [4.78, 5) is 24.8. The van der Waals surface area contributed by atoms with E-state index in [9.17, 15) is 9.59 Å². The summed E-state index contributed by atoms with van der Waals surface area (Å²) in [5.41, 5.74) is 2.95. The molecule has 4 heteroatoms. The Morgan fingerprint density at radius 1 is 0.741 bits per heavy atom. The number of nitrogens with one attached hydrogen (secondary N) is 1. The summed E-state index contributed by atoms with van der Waals surface area (Å²) >= 11 is 0. The molecular formula is C23H17NO3. The summed E-state index contributed by atoms with van der Waals surface area (Å²) in [5, 5.41) is 3.04. The van der Waals surface area contributed by atoms with Gasteiger partial charge >= 0.3 is 0 Å². The number of Topliss-reactive ketones (excluding diaryl/α,β-unsaturated/α-hetero) is 1. The predicted molar refractivity (Wildman–Crippen MR) is 104 cm³/mol. The third-order valence-electron chi connectivity index (χ3n) is 4.34. The average molecular weight is 355 g/mol. The van der Waals surface area contributed by atoms with Crippen LogP contribution in [0, 0.1) is 0 Å². The molecule has 3 aromatic rings. The highest BCUT2D eigenvalue weighted by Gasteiger charge is 2.25. The van der Waals surface area contributed by atoms with Gasteiger partial charge in [-0.2, -0.15) is 0 Å². The first-order valence-electron chi connectivity index (χ1n) is 8.64. The lowest BCUT2D eigenvalue weighted by molar-refractivity contribution is 0.0985. The van der Waals surface area contributed by atoms with Crippen molar-refractivity contribution in [3.05, 3.63) is 107 Å². The predicted octanol–water partition coefficient (Wildman–Crippen LogP) is 4.64. The minimum Gasteiger partial charge on any atom is -0.489 e. The maximum atomic E-state index is 12.6. The molecule has 0 amide bonds. The fourth-order valence-corrected chi connectivity index (χ4v) is 2.94. The van der Waals surface area contributed by atoms with E-state index in [1.54, 1.807) is 24.3 Å². The fourth-order valence-electron chi connectivity index (χ4n) is 2.94. The molecule has 0 aliphatic heterocycles. The van der Waals surface area contributed by atoms with Gasteiger partial charge in [0, 0.05) is 22.9 Å². The number of hydrogen-bond donors (Lipinski definition) is 1. The molecule has 0 spiro atoms. The summed E-state index contributed by atoms with van der Waals surface area (Å²) in [5.74, 6) is 0.375. The van der Waals surface area contributed by atoms with Crippen LogP contribution in [0.3, 0.4) is 0 Å². The van der Waals surface area contributed by atoms with Gasteiger partial charge in [0.25, 0.3) is 0 Å². The van der Waals surface area contributed by atoms with E-state index in [0.717, 1.165) is 11.3 Å². The van der Waals surface area contributed by atoms with E-state index in [0.29, 0.717) is 23.4 Å². The summed E-state index contributed by atoms with van der Waals surface area (Å²) in [6, 6.07) is 24.1. The van der Waals surface area contributed by atoms with E-state index in [2.05, 4.69) is 5.32 Å². The molecular weight excluding hydrogens is 338 g/mol. The van der Waals surface area contributed by atoms with Gasteiger partial charge in [-0.25, -0.2) is 0 Å². The molecule has 4 nitrogen and oxygen atoms in total. The number of ketones is 2. The first kappa shape index (κ1) is 16.8. The molecule has 0 heterocycles. The Hall–Kier alpha value is -3.66. The molecule has 0 atom stereocenters. The van der Waals surface area contributed by atoms with Gasteiger partial charge in [0.2, 0.25) is 5.78 Å². The second-order valence-corrected chi connectivity index (χ2v) is 6.22. The van der Waals surface area contributed by atoms with E-state index < -0.39 is 0 Å². The van der Waals surface area contributed by atoms with Crippen molar-refractivity contribution in [3.8, 4) is 5.75 Å². The monoisotopic (exact) mass is 355 g/mol. The van der Waals surface area contributed by atoms with Gasteiger partial charge in [-0.05, 0) is 29.8 Å². The fraction of sp³-hybridized carbons (Fsp3) is 0.0435. The third kappa shape index (κ3) is 3.65. The van der Waals surface area contributed by atoms with Crippen LogP contribution in [0.4, 0.5) is 5.69 Å². The normalized spacial score (nSPS) is 13.0. The minimum atomic E-state index is -0.186. The zero-order valence-corrected chi connectivity index (χ0v) is 14.5. The number of anilines is 1. The highest BCUT2D eigenvalue weighted by Crippen LogP contribution is 2.24. The van der Waals surface area contributed by atoms with Crippen molar-refractivity contribution in [2.45, 2.75) is 6.61 Å². The number of fused-ring (bicyclic) bond motifs is 1. The van der Waals surface area contributed by atoms with Crippen LogP contribution in [0.25, 0.3) is 0 Å². The number of allylic oxidation sites excluding steroid dienone is 2. The van der Waals surface area contributed by atoms with Crippen molar-refractivity contribution >= 4 is 17.3 Å². The SMILES string of the molecule is O=C1C=C(Nc2ccc(OCc3ccccc3)cc2)C(=O)c2ccccc21. The van der Waals surface area contributed by atoms with Crippen molar-refractivity contribution in [3.63, 3.8) is 0 Å². The number of benzene rings is 3. The lowest BCUT2D eigenvalue weighted by Gasteiger charge is -2.16. The Balaban J connectivity index is 1.44. The van der Waals surface area contributed by atoms with E-state index in [4.69, 9.17) is 4.74 Å². The lowest BCUT2D eigenvalue weighted by atomic mass is 9.92. The Kier molecular flexibility index (Phi) is 4.54. The number of rotatable bonds is 5. The molecule has 1 N–H and O–H groups in total. The lowest BCUT2D eigenvalue weighted by Crippen LogP contribution is -2.21. The molecule has 0 unspecified atom stereocenters. The maximum Gasteiger partial charge on any atom is 0.210 e. The first-order valence-corrected chi connectivity index (χ1v) is 8.64. The number of ether oxygens (including phenoxy) is 1. The molecule has 3 aromatic carbocycles. The van der Waals surface area contributed by atoms with Crippen molar-refractivity contribution in [2.75, 3.05) is 5.32 Å². The molecule has 0 fully saturated rings. The van der Waals surface area contributed by atoms with Crippen molar-refractivity contribution in [1.29, 1.82) is 0 Å². The quantitative estimate of drug-likeness (QED) is 0.724. The molecule has 4 rings (SSSR count). The van der Waals surface area contributed by atoms with Gasteiger partial charge in [0.15, 0.2) is 5.78 Å². The molecule has 27 heavy (non-hydrogen) atoms. The smallest absolute Gasteiger partial charge is 0.210 e. The van der Waals surface area contributed by atoms with Crippen molar-refractivity contribution in [2.24, 2.45) is 0 Å². The van der Waals surface area contributed by atoms with Crippen molar-refractivity contribution in [1.82, 2.24) is 0 Å². The number of carbonyl (C=O) groups is 2.